The normalized spacial score (nSPS) is 11.2. The van der Waals surface area contributed by atoms with Crippen LogP contribution >= 0.6 is 0 Å². The van der Waals surface area contributed by atoms with E-state index in [9.17, 15) is 20.4 Å². The van der Waals surface area contributed by atoms with Crippen LogP contribution in [-0.4, -0.2) is 34.6 Å². The molecule has 3 rings (SSSR count). The second kappa shape index (κ2) is 10.5. The lowest BCUT2D eigenvalue weighted by atomic mass is 9.85. The van der Waals surface area contributed by atoms with Gasteiger partial charge in [0.1, 0.15) is 11.5 Å². The molecule has 0 saturated heterocycles. The summed E-state index contributed by atoms with van der Waals surface area (Å²) >= 11 is 0. The third-order valence-electron chi connectivity index (χ3n) is 6.00. The van der Waals surface area contributed by atoms with Crippen molar-refractivity contribution in [3.63, 3.8) is 0 Å². The van der Waals surface area contributed by atoms with E-state index >= 15 is 0 Å². The van der Waals surface area contributed by atoms with Crippen LogP contribution in [0.25, 0.3) is 0 Å². The molecule has 0 aromatic heterocycles. The predicted molar refractivity (Wildman–Crippen MR) is 148 cm³/mol. The number of benzene rings is 3. The highest BCUT2D eigenvalue weighted by atomic mass is 16.5. The van der Waals surface area contributed by atoms with E-state index in [1.165, 1.54) is 26.4 Å². The third kappa shape index (κ3) is 6.10. The molecule has 0 aliphatic carbocycles. The average Bonchev–Trinajstić information content (AvgIpc) is 2.83. The Bertz CT molecular complexity index is 1380. The maximum atomic E-state index is 10.3. The minimum absolute atomic E-state index is 0.151. The Balaban J connectivity index is 2.06. The lowest BCUT2D eigenvalue weighted by Gasteiger charge is -2.21. The summed E-state index contributed by atoms with van der Waals surface area (Å²) in [6, 6.07) is 9.78. The summed E-state index contributed by atoms with van der Waals surface area (Å²) in [5.74, 6) is 12.4. The second-order valence-corrected chi connectivity index (χ2v) is 11.0. The van der Waals surface area contributed by atoms with Gasteiger partial charge in [-0.1, -0.05) is 65.2 Å². The number of phenolic OH excluding ortho intramolecular Hbond substituents is 4. The molecule has 3 aromatic carbocycles. The number of hydrogen-bond donors (Lipinski definition) is 4. The van der Waals surface area contributed by atoms with E-state index in [4.69, 9.17) is 9.47 Å². The first-order valence-electron chi connectivity index (χ1n) is 12.1. The Labute approximate surface area is 224 Å². The van der Waals surface area contributed by atoms with Gasteiger partial charge in [0, 0.05) is 34.4 Å². The number of ether oxygens (including phenoxy) is 2. The van der Waals surface area contributed by atoms with Gasteiger partial charge < -0.3 is 29.9 Å². The summed E-state index contributed by atoms with van der Waals surface area (Å²) in [6.45, 7) is 11.6. The first-order chi connectivity index (χ1) is 17.6. The van der Waals surface area contributed by atoms with Crippen LogP contribution in [0.15, 0.2) is 36.4 Å². The zero-order valence-corrected chi connectivity index (χ0v) is 23.1. The first kappa shape index (κ1) is 28.2. The summed E-state index contributed by atoms with van der Waals surface area (Å²) in [5, 5.41) is 40.9. The van der Waals surface area contributed by atoms with Crippen molar-refractivity contribution in [3.05, 3.63) is 69.8 Å². The predicted octanol–water partition coefficient (Wildman–Crippen LogP) is 5.92. The standard InChI is InChI=1S/C32H34O6/c1-31(2,3)23-13-19(15-25(33)29(23)35)9-11-21-17-28(38-8)22(18-27(21)37-7)12-10-20-14-24(32(4,5)6)30(36)26(34)16-20/h13-18,33-36H,1-8H3. The number of methoxy groups -OCH3 is 2. The molecule has 0 atom stereocenters. The van der Waals surface area contributed by atoms with E-state index in [0.29, 0.717) is 44.9 Å². The van der Waals surface area contributed by atoms with Crippen LogP contribution < -0.4 is 9.47 Å². The van der Waals surface area contributed by atoms with E-state index in [1.54, 1.807) is 24.3 Å². The maximum absolute atomic E-state index is 10.3. The van der Waals surface area contributed by atoms with Gasteiger partial charge in [0.05, 0.1) is 25.3 Å². The van der Waals surface area contributed by atoms with Crippen molar-refractivity contribution in [1.29, 1.82) is 0 Å². The van der Waals surface area contributed by atoms with E-state index < -0.39 is 0 Å². The van der Waals surface area contributed by atoms with Crippen molar-refractivity contribution in [2.45, 2.75) is 52.4 Å². The van der Waals surface area contributed by atoms with Gasteiger partial charge in [-0.15, -0.1) is 0 Å². The maximum Gasteiger partial charge on any atom is 0.161 e. The first-order valence-corrected chi connectivity index (χ1v) is 12.1. The van der Waals surface area contributed by atoms with Crippen LogP contribution in [0.3, 0.4) is 0 Å². The van der Waals surface area contributed by atoms with Gasteiger partial charge >= 0.3 is 0 Å². The molecule has 3 aromatic rings. The molecule has 0 saturated carbocycles. The van der Waals surface area contributed by atoms with Crippen LogP contribution in [0.2, 0.25) is 0 Å². The molecule has 198 valence electrons. The molecule has 0 unspecified atom stereocenters. The quantitative estimate of drug-likeness (QED) is 0.250. The molecule has 0 fully saturated rings. The molecule has 0 radical (unpaired) electrons. The number of aromatic hydroxyl groups is 4. The fourth-order valence-corrected chi connectivity index (χ4v) is 3.90. The fraction of sp³-hybridized carbons (Fsp3) is 0.312. The Kier molecular flexibility index (Phi) is 7.79. The molecule has 6 nitrogen and oxygen atoms in total. The van der Waals surface area contributed by atoms with E-state index in [0.717, 1.165) is 0 Å². The van der Waals surface area contributed by atoms with Crippen molar-refractivity contribution in [2.24, 2.45) is 0 Å². The van der Waals surface area contributed by atoms with Gasteiger partial charge in [-0.25, -0.2) is 0 Å². The van der Waals surface area contributed by atoms with Crippen molar-refractivity contribution in [1.82, 2.24) is 0 Å². The van der Waals surface area contributed by atoms with Gasteiger partial charge in [-0.05, 0) is 35.1 Å². The summed E-state index contributed by atoms with van der Waals surface area (Å²) in [5.41, 5.74) is 2.59. The van der Waals surface area contributed by atoms with Crippen LogP contribution in [-0.2, 0) is 10.8 Å². The zero-order valence-electron chi connectivity index (χ0n) is 23.1. The largest absolute Gasteiger partial charge is 0.504 e. The highest BCUT2D eigenvalue weighted by molar-refractivity contribution is 5.62. The second-order valence-electron chi connectivity index (χ2n) is 11.0. The lowest BCUT2D eigenvalue weighted by Crippen LogP contribution is -2.11. The molecule has 4 N–H and O–H groups in total. The molecule has 0 bridgehead atoms. The van der Waals surface area contributed by atoms with Crippen molar-refractivity contribution < 1.29 is 29.9 Å². The Morgan fingerprint density at radius 2 is 0.868 bits per heavy atom. The van der Waals surface area contributed by atoms with Crippen molar-refractivity contribution in [2.75, 3.05) is 14.2 Å². The van der Waals surface area contributed by atoms with E-state index in [2.05, 4.69) is 23.7 Å². The molecule has 6 heteroatoms. The molecule has 0 aliphatic rings. The fourth-order valence-electron chi connectivity index (χ4n) is 3.90. The SMILES string of the molecule is COc1cc(C#Cc2cc(O)c(O)c(C(C)(C)C)c2)c(OC)cc1C#Cc1cc(O)c(O)c(C(C)(C)C)c1. The topological polar surface area (TPSA) is 99.4 Å². The van der Waals surface area contributed by atoms with Crippen molar-refractivity contribution >= 4 is 0 Å². The van der Waals surface area contributed by atoms with Crippen LogP contribution in [0.1, 0.15) is 74.9 Å². The number of rotatable bonds is 2. The summed E-state index contributed by atoms with van der Waals surface area (Å²) < 4.78 is 11.1. The highest BCUT2D eigenvalue weighted by Gasteiger charge is 2.22. The Morgan fingerprint density at radius 1 is 0.526 bits per heavy atom. The van der Waals surface area contributed by atoms with E-state index in [-0.39, 0.29) is 33.8 Å². The molecular weight excluding hydrogens is 480 g/mol. The minimum Gasteiger partial charge on any atom is -0.504 e. The van der Waals surface area contributed by atoms with Crippen LogP contribution in [0.4, 0.5) is 0 Å². The minimum atomic E-state index is -0.386. The van der Waals surface area contributed by atoms with E-state index in [1.807, 2.05) is 41.5 Å². The number of phenols is 4. The average molecular weight is 515 g/mol. The van der Waals surface area contributed by atoms with Gasteiger partial charge in [0.25, 0.3) is 0 Å². The molecular formula is C32H34O6. The zero-order chi connectivity index (χ0) is 28.4. The number of hydrogen-bond acceptors (Lipinski definition) is 6. The summed E-state index contributed by atoms with van der Waals surface area (Å²) in [4.78, 5) is 0. The highest BCUT2D eigenvalue weighted by Crippen LogP contribution is 2.39. The Morgan fingerprint density at radius 3 is 1.16 bits per heavy atom. The lowest BCUT2D eigenvalue weighted by molar-refractivity contribution is 0.389. The third-order valence-corrected chi connectivity index (χ3v) is 6.00. The van der Waals surface area contributed by atoms with Gasteiger partial charge in [-0.2, -0.15) is 0 Å². The smallest absolute Gasteiger partial charge is 0.161 e. The summed E-state index contributed by atoms with van der Waals surface area (Å²) in [7, 11) is 3.06. The van der Waals surface area contributed by atoms with Crippen LogP contribution in [0, 0.1) is 23.7 Å². The molecule has 0 spiro atoms. The molecule has 0 aliphatic heterocycles. The van der Waals surface area contributed by atoms with Crippen LogP contribution in [0.5, 0.6) is 34.5 Å². The molecule has 38 heavy (non-hydrogen) atoms. The van der Waals surface area contributed by atoms with Gasteiger partial charge in [0.15, 0.2) is 23.0 Å². The molecule has 0 heterocycles. The Hall–Kier alpha value is -4.42. The van der Waals surface area contributed by atoms with Gasteiger partial charge in [0.2, 0.25) is 0 Å². The van der Waals surface area contributed by atoms with Gasteiger partial charge in [-0.3, -0.25) is 0 Å². The molecule has 0 amide bonds. The monoisotopic (exact) mass is 514 g/mol. The summed E-state index contributed by atoms with van der Waals surface area (Å²) in [6.07, 6.45) is 0. The van der Waals surface area contributed by atoms with Crippen molar-refractivity contribution in [3.8, 4) is 58.2 Å².